The largest absolute Gasteiger partial charge is 0.484 e. The van der Waals surface area contributed by atoms with E-state index in [-0.39, 0.29) is 11.8 Å². The smallest absolute Gasteiger partial charge is 0.258 e. The van der Waals surface area contributed by atoms with Gasteiger partial charge >= 0.3 is 0 Å². The summed E-state index contributed by atoms with van der Waals surface area (Å²) < 4.78 is 6.46. The van der Waals surface area contributed by atoms with Gasteiger partial charge in [0.05, 0.1) is 12.1 Å². The predicted molar refractivity (Wildman–Crippen MR) is 105 cm³/mol. The van der Waals surface area contributed by atoms with Crippen LogP contribution in [0, 0.1) is 0 Å². The van der Waals surface area contributed by atoms with E-state index in [0.717, 1.165) is 25.9 Å². The number of benzene rings is 1. The van der Waals surface area contributed by atoms with Crippen molar-refractivity contribution in [1.29, 1.82) is 0 Å². The Labute approximate surface area is 162 Å². The number of para-hydroxylation sites is 1. The van der Waals surface area contributed by atoms with Crippen LogP contribution in [0.25, 0.3) is 0 Å². The zero-order valence-corrected chi connectivity index (χ0v) is 16.9. The average molecular weight is 373 g/mol. The van der Waals surface area contributed by atoms with Crippen LogP contribution in [0.4, 0.5) is 0 Å². The first-order chi connectivity index (χ1) is 12.9. The van der Waals surface area contributed by atoms with E-state index in [1.807, 2.05) is 39.0 Å². The molecule has 0 N–H and O–H groups in total. The molecule has 6 nitrogen and oxygen atoms in total. The van der Waals surface area contributed by atoms with E-state index in [1.165, 1.54) is 0 Å². The number of carbonyl (C=O) groups is 2. The van der Waals surface area contributed by atoms with Crippen molar-refractivity contribution in [2.24, 2.45) is 0 Å². The first kappa shape index (κ1) is 19.7. The van der Waals surface area contributed by atoms with E-state index in [0.29, 0.717) is 30.9 Å². The highest BCUT2D eigenvalue weighted by Crippen LogP contribution is 2.36. The number of hydrogen-bond donors (Lipinski definition) is 0. The Bertz CT molecular complexity index is 694. The number of piperidine rings is 1. The molecule has 1 spiro atoms. The van der Waals surface area contributed by atoms with Crippen LogP contribution in [0.3, 0.4) is 0 Å². The summed E-state index contributed by atoms with van der Waals surface area (Å²) in [5.41, 5.74) is 0.111. The fourth-order valence-corrected chi connectivity index (χ4v) is 4.07. The molecule has 1 saturated heterocycles. The van der Waals surface area contributed by atoms with Crippen LogP contribution in [0.15, 0.2) is 24.3 Å². The number of likely N-dealkylation sites (N-methyl/N-ethyl adjacent to an activating group) is 1. The van der Waals surface area contributed by atoms with E-state index in [9.17, 15) is 9.59 Å². The molecule has 1 atom stereocenters. The Morgan fingerprint density at radius 3 is 2.48 bits per heavy atom. The molecule has 0 unspecified atom stereocenters. The minimum Gasteiger partial charge on any atom is -0.484 e. The van der Waals surface area contributed by atoms with Gasteiger partial charge in [0.1, 0.15) is 17.4 Å². The molecule has 148 valence electrons. The van der Waals surface area contributed by atoms with Crippen molar-refractivity contribution in [3.05, 3.63) is 29.8 Å². The standard InChI is InChI=1S/C21H31N3O3/c1-5-23(6-2)19(25)16(3)24-15-21(11-13-22(4)14-12-21)27-18-10-8-7-9-17(18)20(24)26/h7-10,16H,5-6,11-15H2,1-4H3/t16-/m1/s1. The Morgan fingerprint density at radius 2 is 1.85 bits per heavy atom. The molecule has 2 amide bonds. The second-order valence-electron chi connectivity index (χ2n) is 7.70. The third kappa shape index (κ3) is 3.81. The third-order valence-electron chi connectivity index (χ3n) is 5.96. The van der Waals surface area contributed by atoms with Crippen molar-refractivity contribution in [3.63, 3.8) is 0 Å². The molecule has 27 heavy (non-hydrogen) atoms. The molecular formula is C21H31N3O3. The van der Waals surface area contributed by atoms with Crippen molar-refractivity contribution >= 4 is 11.8 Å². The van der Waals surface area contributed by atoms with Gasteiger partial charge in [-0.3, -0.25) is 9.59 Å². The quantitative estimate of drug-likeness (QED) is 0.812. The SMILES string of the molecule is CCN(CC)C(=O)[C@@H](C)N1CC2(CCN(C)CC2)Oc2ccccc2C1=O. The Morgan fingerprint density at radius 1 is 1.22 bits per heavy atom. The summed E-state index contributed by atoms with van der Waals surface area (Å²) in [6.07, 6.45) is 1.68. The number of hydrogen-bond acceptors (Lipinski definition) is 4. The average Bonchev–Trinajstić information content (AvgIpc) is 2.80. The molecule has 1 aromatic carbocycles. The Hall–Kier alpha value is -2.08. The molecule has 6 heteroatoms. The maximum Gasteiger partial charge on any atom is 0.258 e. The van der Waals surface area contributed by atoms with Crippen molar-refractivity contribution < 1.29 is 14.3 Å². The first-order valence-corrected chi connectivity index (χ1v) is 9.97. The number of rotatable bonds is 4. The number of ether oxygens (including phenoxy) is 1. The maximum absolute atomic E-state index is 13.3. The molecule has 1 aromatic rings. The molecular weight excluding hydrogens is 342 g/mol. The van der Waals surface area contributed by atoms with Crippen molar-refractivity contribution in [2.45, 2.75) is 45.3 Å². The summed E-state index contributed by atoms with van der Waals surface area (Å²) in [7, 11) is 2.10. The van der Waals surface area contributed by atoms with Gasteiger partial charge in [0.2, 0.25) is 5.91 Å². The van der Waals surface area contributed by atoms with Crippen molar-refractivity contribution in [1.82, 2.24) is 14.7 Å². The van der Waals surface area contributed by atoms with Crippen LogP contribution in [0.1, 0.15) is 44.0 Å². The highest BCUT2D eigenvalue weighted by Gasteiger charge is 2.44. The molecule has 3 rings (SSSR count). The van der Waals surface area contributed by atoms with Gasteiger partial charge in [-0.15, -0.1) is 0 Å². The number of nitrogens with zero attached hydrogens (tertiary/aromatic N) is 3. The molecule has 1 fully saturated rings. The molecule has 0 bridgehead atoms. The summed E-state index contributed by atoms with van der Waals surface area (Å²) in [6.45, 7) is 9.35. The fraction of sp³-hybridized carbons (Fsp3) is 0.619. The van der Waals surface area contributed by atoms with Crippen LogP contribution < -0.4 is 4.74 Å². The zero-order chi connectivity index (χ0) is 19.6. The van der Waals surface area contributed by atoms with E-state index < -0.39 is 11.6 Å². The van der Waals surface area contributed by atoms with Gasteiger partial charge in [-0.25, -0.2) is 0 Å². The topological polar surface area (TPSA) is 53.1 Å². The molecule has 0 saturated carbocycles. The summed E-state index contributed by atoms with van der Waals surface area (Å²) in [4.78, 5) is 32.1. The van der Waals surface area contributed by atoms with E-state index in [2.05, 4.69) is 11.9 Å². The van der Waals surface area contributed by atoms with E-state index in [1.54, 1.807) is 15.9 Å². The number of fused-ring (bicyclic) bond motifs is 1. The lowest BCUT2D eigenvalue weighted by Gasteiger charge is -2.43. The lowest BCUT2D eigenvalue weighted by molar-refractivity contribution is -0.136. The normalized spacial score (nSPS) is 20.6. The second-order valence-corrected chi connectivity index (χ2v) is 7.70. The lowest BCUT2D eigenvalue weighted by atomic mass is 9.90. The van der Waals surface area contributed by atoms with Crippen LogP contribution in [0.2, 0.25) is 0 Å². The number of likely N-dealkylation sites (tertiary alicyclic amines) is 1. The first-order valence-electron chi connectivity index (χ1n) is 9.97. The predicted octanol–water partition coefficient (Wildman–Crippen LogP) is 2.24. The van der Waals surface area contributed by atoms with Gasteiger partial charge in [0.25, 0.3) is 5.91 Å². The lowest BCUT2D eigenvalue weighted by Crippen LogP contribution is -2.57. The van der Waals surface area contributed by atoms with Gasteiger partial charge in [0.15, 0.2) is 0 Å². The van der Waals surface area contributed by atoms with Crippen molar-refractivity contribution in [2.75, 3.05) is 39.8 Å². The van der Waals surface area contributed by atoms with Gasteiger partial charge in [-0.1, -0.05) is 12.1 Å². The number of carbonyl (C=O) groups excluding carboxylic acids is 2. The van der Waals surface area contributed by atoms with E-state index >= 15 is 0 Å². The molecule has 2 heterocycles. The van der Waals surface area contributed by atoms with Crippen LogP contribution in [-0.4, -0.2) is 77.9 Å². The molecule has 0 aromatic heterocycles. The highest BCUT2D eigenvalue weighted by molar-refractivity contribution is 6.00. The third-order valence-corrected chi connectivity index (χ3v) is 5.96. The molecule has 0 radical (unpaired) electrons. The summed E-state index contributed by atoms with van der Waals surface area (Å²) in [5, 5.41) is 0. The minimum absolute atomic E-state index is 0.00388. The Kier molecular flexibility index (Phi) is 5.75. The monoisotopic (exact) mass is 373 g/mol. The Balaban J connectivity index is 1.97. The van der Waals surface area contributed by atoms with Crippen molar-refractivity contribution in [3.8, 4) is 5.75 Å². The van der Waals surface area contributed by atoms with Gasteiger partial charge in [-0.2, -0.15) is 0 Å². The fourth-order valence-electron chi connectivity index (χ4n) is 4.07. The van der Waals surface area contributed by atoms with Crippen LogP contribution in [-0.2, 0) is 4.79 Å². The summed E-state index contributed by atoms with van der Waals surface area (Å²) in [5.74, 6) is 0.516. The van der Waals surface area contributed by atoms with E-state index in [4.69, 9.17) is 4.74 Å². The van der Waals surface area contributed by atoms with Crippen LogP contribution in [0.5, 0.6) is 5.75 Å². The minimum atomic E-state index is -0.510. The summed E-state index contributed by atoms with van der Waals surface area (Å²) in [6, 6.07) is 6.90. The number of amides is 2. The van der Waals surface area contributed by atoms with Gasteiger partial charge in [0, 0.05) is 39.0 Å². The zero-order valence-electron chi connectivity index (χ0n) is 16.9. The molecule has 2 aliphatic heterocycles. The molecule has 0 aliphatic carbocycles. The van der Waals surface area contributed by atoms with Gasteiger partial charge < -0.3 is 19.4 Å². The van der Waals surface area contributed by atoms with Crippen LogP contribution >= 0.6 is 0 Å². The second kappa shape index (κ2) is 7.89. The van der Waals surface area contributed by atoms with Gasteiger partial charge in [-0.05, 0) is 40.0 Å². The summed E-state index contributed by atoms with van der Waals surface area (Å²) >= 11 is 0. The molecule has 2 aliphatic rings. The maximum atomic E-state index is 13.3. The highest BCUT2D eigenvalue weighted by atomic mass is 16.5.